The van der Waals surface area contributed by atoms with E-state index in [1.165, 1.54) is 12.1 Å². The van der Waals surface area contributed by atoms with Crippen LogP contribution < -0.4 is 10.6 Å². The van der Waals surface area contributed by atoms with Crippen LogP contribution in [0.15, 0.2) is 60.0 Å². The molecular weight excluding hydrogens is 403 g/mol. The predicted molar refractivity (Wildman–Crippen MR) is 104 cm³/mol. The number of amides is 2. The van der Waals surface area contributed by atoms with E-state index in [4.69, 9.17) is 0 Å². The monoisotopic (exact) mass is 419 g/mol. The summed E-state index contributed by atoms with van der Waals surface area (Å²) in [5.74, 6) is -0.772. The number of carbonyl (C=O) groups is 2. The van der Waals surface area contributed by atoms with E-state index in [1.807, 2.05) is 30.3 Å². The highest BCUT2D eigenvalue weighted by Gasteiger charge is 2.30. The Hall–Kier alpha value is -3.20. The van der Waals surface area contributed by atoms with Crippen LogP contribution in [0.3, 0.4) is 0 Å². The van der Waals surface area contributed by atoms with Gasteiger partial charge in [0.25, 0.3) is 0 Å². The number of halogens is 3. The highest BCUT2D eigenvalue weighted by Crippen LogP contribution is 2.33. The molecule has 0 aliphatic rings. The zero-order valence-electron chi connectivity index (χ0n) is 15.0. The van der Waals surface area contributed by atoms with Gasteiger partial charge >= 0.3 is 6.18 Å². The smallest absolute Gasteiger partial charge is 0.347 e. The number of alkyl halides is 3. The summed E-state index contributed by atoms with van der Waals surface area (Å²) in [4.78, 5) is 28.0. The minimum Gasteiger partial charge on any atom is -0.347 e. The normalized spacial score (nSPS) is 11.1. The van der Waals surface area contributed by atoms with Gasteiger partial charge in [0.05, 0.1) is 24.2 Å². The molecule has 2 amide bonds. The first-order valence-corrected chi connectivity index (χ1v) is 9.43. The molecule has 0 radical (unpaired) electrons. The number of aromatic nitrogens is 1. The summed E-state index contributed by atoms with van der Waals surface area (Å²) in [6.45, 7) is -0.232. The molecule has 0 spiro atoms. The molecule has 2 aromatic carbocycles. The zero-order chi connectivity index (χ0) is 20.9. The van der Waals surface area contributed by atoms with E-state index in [2.05, 4.69) is 15.6 Å². The van der Waals surface area contributed by atoms with Crippen molar-refractivity contribution in [2.24, 2.45) is 0 Å². The lowest BCUT2D eigenvalue weighted by molar-refractivity contribution is -0.137. The molecule has 0 unspecified atom stereocenters. The van der Waals surface area contributed by atoms with Crippen LogP contribution in [-0.4, -0.2) is 23.3 Å². The third-order valence-corrected chi connectivity index (χ3v) is 4.65. The lowest BCUT2D eigenvalue weighted by Crippen LogP contribution is -2.33. The van der Waals surface area contributed by atoms with Crippen LogP contribution in [0.25, 0.3) is 11.3 Å². The first-order valence-electron chi connectivity index (χ1n) is 8.55. The van der Waals surface area contributed by atoms with Crippen molar-refractivity contribution in [1.82, 2.24) is 10.3 Å². The molecule has 5 nitrogen and oxygen atoms in total. The van der Waals surface area contributed by atoms with Crippen molar-refractivity contribution < 1.29 is 22.8 Å². The van der Waals surface area contributed by atoms with Gasteiger partial charge < -0.3 is 10.6 Å². The van der Waals surface area contributed by atoms with Gasteiger partial charge in [-0.15, -0.1) is 11.3 Å². The Balaban J connectivity index is 1.55. The minimum absolute atomic E-state index is 0.158. The topological polar surface area (TPSA) is 71.1 Å². The number of rotatable bonds is 6. The van der Waals surface area contributed by atoms with Crippen LogP contribution in [0.4, 0.5) is 18.3 Å². The van der Waals surface area contributed by atoms with Gasteiger partial charge in [0.1, 0.15) is 0 Å². The van der Waals surface area contributed by atoms with Crippen molar-refractivity contribution in [3.8, 4) is 11.3 Å². The predicted octanol–water partition coefficient (Wildman–Crippen LogP) is 4.13. The van der Waals surface area contributed by atoms with E-state index in [0.717, 1.165) is 29.0 Å². The highest BCUT2D eigenvalue weighted by molar-refractivity contribution is 7.14. The van der Waals surface area contributed by atoms with Crippen LogP contribution >= 0.6 is 11.3 Å². The van der Waals surface area contributed by atoms with Crippen LogP contribution in [-0.2, 0) is 22.2 Å². The molecule has 0 atom stereocenters. The number of carbonyl (C=O) groups excluding carboxylic acids is 2. The van der Waals surface area contributed by atoms with Crippen molar-refractivity contribution in [1.29, 1.82) is 0 Å². The summed E-state index contributed by atoms with van der Waals surface area (Å²) in [6.07, 6.45) is -4.29. The molecule has 1 aromatic heterocycles. The Morgan fingerprint density at radius 2 is 1.76 bits per heavy atom. The van der Waals surface area contributed by atoms with E-state index in [-0.39, 0.29) is 24.0 Å². The molecule has 150 valence electrons. The number of anilines is 1. The maximum Gasteiger partial charge on any atom is 0.416 e. The fourth-order valence-corrected chi connectivity index (χ4v) is 3.24. The van der Waals surface area contributed by atoms with Gasteiger partial charge in [0.15, 0.2) is 5.13 Å². The SMILES string of the molecule is O=C(Cc1ccccc1)NCC(=O)Nc1nc(-c2cccc(C(F)(F)F)c2)cs1. The van der Waals surface area contributed by atoms with Crippen LogP contribution in [0, 0.1) is 0 Å². The minimum atomic E-state index is -4.44. The fourth-order valence-electron chi connectivity index (χ4n) is 2.50. The Kier molecular flexibility index (Phi) is 6.28. The molecule has 0 saturated heterocycles. The number of nitrogens with zero attached hydrogens (tertiary/aromatic N) is 1. The number of nitrogens with one attached hydrogen (secondary N) is 2. The van der Waals surface area contributed by atoms with Crippen molar-refractivity contribution in [2.45, 2.75) is 12.6 Å². The highest BCUT2D eigenvalue weighted by atomic mass is 32.1. The van der Waals surface area contributed by atoms with Gasteiger partial charge in [-0.25, -0.2) is 4.98 Å². The second kappa shape index (κ2) is 8.87. The van der Waals surface area contributed by atoms with E-state index in [0.29, 0.717) is 11.3 Å². The Labute approximate surface area is 168 Å². The van der Waals surface area contributed by atoms with Crippen LogP contribution in [0.1, 0.15) is 11.1 Å². The Bertz CT molecular complexity index is 1000. The van der Waals surface area contributed by atoms with Gasteiger partial charge in [-0.1, -0.05) is 42.5 Å². The third-order valence-electron chi connectivity index (χ3n) is 3.89. The second-order valence-corrected chi connectivity index (χ2v) is 6.96. The largest absolute Gasteiger partial charge is 0.416 e. The molecular formula is C20H16F3N3O2S. The number of thiazole rings is 1. The zero-order valence-corrected chi connectivity index (χ0v) is 15.8. The lowest BCUT2D eigenvalue weighted by atomic mass is 10.1. The summed E-state index contributed by atoms with van der Waals surface area (Å²) >= 11 is 1.09. The summed E-state index contributed by atoms with van der Waals surface area (Å²) in [7, 11) is 0. The molecule has 1 heterocycles. The fraction of sp³-hybridized carbons (Fsp3) is 0.150. The first kappa shape index (κ1) is 20.5. The van der Waals surface area contributed by atoms with E-state index < -0.39 is 17.6 Å². The number of hydrogen-bond donors (Lipinski definition) is 2. The quantitative estimate of drug-likeness (QED) is 0.631. The van der Waals surface area contributed by atoms with Crippen molar-refractivity contribution in [3.05, 3.63) is 71.1 Å². The summed E-state index contributed by atoms with van der Waals surface area (Å²) in [5.41, 5.74) is 0.683. The van der Waals surface area contributed by atoms with Gasteiger partial charge in [-0.2, -0.15) is 13.2 Å². The maximum absolute atomic E-state index is 12.8. The molecule has 2 N–H and O–H groups in total. The van der Waals surface area contributed by atoms with Gasteiger partial charge in [0, 0.05) is 10.9 Å². The van der Waals surface area contributed by atoms with Crippen LogP contribution in [0.2, 0.25) is 0 Å². The second-order valence-electron chi connectivity index (χ2n) is 6.10. The van der Waals surface area contributed by atoms with E-state index in [9.17, 15) is 22.8 Å². The van der Waals surface area contributed by atoms with Gasteiger partial charge in [0.2, 0.25) is 11.8 Å². The van der Waals surface area contributed by atoms with Crippen molar-refractivity contribution >= 4 is 28.3 Å². The number of hydrogen-bond acceptors (Lipinski definition) is 4. The standard InChI is InChI=1S/C20H16F3N3O2S/c21-20(22,23)15-8-4-7-14(10-15)16-12-29-19(25-16)26-18(28)11-24-17(27)9-13-5-2-1-3-6-13/h1-8,10,12H,9,11H2,(H,24,27)(H,25,26,28). The average molecular weight is 419 g/mol. The molecule has 0 aliphatic heterocycles. The molecule has 3 rings (SSSR count). The summed E-state index contributed by atoms with van der Waals surface area (Å²) < 4.78 is 38.5. The van der Waals surface area contributed by atoms with Gasteiger partial charge in [-0.3, -0.25) is 9.59 Å². The molecule has 0 aliphatic carbocycles. The molecule has 0 saturated carbocycles. The molecule has 29 heavy (non-hydrogen) atoms. The lowest BCUT2D eigenvalue weighted by Gasteiger charge is -2.07. The molecule has 0 fully saturated rings. The van der Waals surface area contributed by atoms with Crippen molar-refractivity contribution in [2.75, 3.05) is 11.9 Å². The maximum atomic E-state index is 12.8. The van der Waals surface area contributed by atoms with E-state index >= 15 is 0 Å². The Morgan fingerprint density at radius 1 is 1.00 bits per heavy atom. The molecule has 9 heteroatoms. The number of benzene rings is 2. The summed E-state index contributed by atoms with van der Waals surface area (Å²) in [6, 6.07) is 13.9. The molecule has 0 bridgehead atoms. The Morgan fingerprint density at radius 3 is 2.48 bits per heavy atom. The first-order chi connectivity index (χ1) is 13.8. The third kappa shape index (κ3) is 5.89. The summed E-state index contributed by atoms with van der Waals surface area (Å²) in [5, 5.41) is 6.83. The van der Waals surface area contributed by atoms with Gasteiger partial charge in [-0.05, 0) is 17.7 Å². The van der Waals surface area contributed by atoms with Crippen LogP contribution in [0.5, 0.6) is 0 Å². The van der Waals surface area contributed by atoms with Crippen molar-refractivity contribution in [3.63, 3.8) is 0 Å². The van der Waals surface area contributed by atoms with E-state index in [1.54, 1.807) is 5.38 Å². The average Bonchev–Trinajstić information content (AvgIpc) is 3.15. The molecule has 3 aromatic rings.